The second-order valence-corrected chi connectivity index (χ2v) is 4.44. The molecule has 0 aromatic heterocycles. The molecule has 2 N–H and O–H groups in total. The molecule has 1 saturated heterocycles. The predicted molar refractivity (Wildman–Crippen MR) is 64.4 cm³/mol. The number of amides is 1. The minimum atomic E-state index is -0.884. The van der Waals surface area contributed by atoms with Gasteiger partial charge in [0, 0.05) is 18.2 Å². The van der Waals surface area contributed by atoms with Gasteiger partial charge in [0.25, 0.3) is 5.91 Å². The maximum atomic E-state index is 12.2. The number of hydrogen-bond acceptors (Lipinski definition) is 3. The molecule has 0 aliphatic carbocycles. The van der Waals surface area contributed by atoms with E-state index in [1.54, 1.807) is 17.0 Å². The topological polar surface area (TPSA) is 77.8 Å². The number of rotatable bonds is 3. The first-order valence-corrected chi connectivity index (χ1v) is 5.89. The second kappa shape index (κ2) is 5.08. The molecule has 1 aliphatic heterocycles. The van der Waals surface area contributed by atoms with Gasteiger partial charge in [-0.3, -0.25) is 9.59 Å². The molecule has 1 unspecified atom stereocenters. The van der Waals surface area contributed by atoms with Gasteiger partial charge in [0.05, 0.1) is 6.42 Å². The van der Waals surface area contributed by atoms with Crippen molar-refractivity contribution < 1.29 is 19.8 Å². The van der Waals surface area contributed by atoms with Gasteiger partial charge in [0.15, 0.2) is 0 Å². The molecule has 1 fully saturated rings. The summed E-state index contributed by atoms with van der Waals surface area (Å²) >= 11 is 0. The van der Waals surface area contributed by atoms with Crippen LogP contribution in [0.3, 0.4) is 0 Å². The molecule has 1 aromatic rings. The Morgan fingerprint density at radius 1 is 1.28 bits per heavy atom. The predicted octanol–water partition coefficient (Wildman–Crippen LogP) is 1.47. The van der Waals surface area contributed by atoms with Crippen molar-refractivity contribution in [2.45, 2.75) is 25.3 Å². The first-order chi connectivity index (χ1) is 8.58. The van der Waals surface area contributed by atoms with Crippen LogP contribution in [0.4, 0.5) is 0 Å². The van der Waals surface area contributed by atoms with Crippen LogP contribution in [0.5, 0.6) is 5.75 Å². The van der Waals surface area contributed by atoms with Gasteiger partial charge in [-0.1, -0.05) is 0 Å². The van der Waals surface area contributed by atoms with Gasteiger partial charge >= 0.3 is 5.97 Å². The minimum absolute atomic E-state index is 0.0101. The molecule has 1 aliphatic rings. The van der Waals surface area contributed by atoms with Gasteiger partial charge in [-0.25, -0.2) is 0 Å². The Kier molecular flexibility index (Phi) is 3.50. The van der Waals surface area contributed by atoms with Crippen molar-refractivity contribution in [3.8, 4) is 5.75 Å². The molecule has 1 aromatic carbocycles. The third-order valence-corrected chi connectivity index (χ3v) is 3.16. The smallest absolute Gasteiger partial charge is 0.305 e. The van der Waals surface area contributed by atoms with Crippen molar-refractivity contribution in [1.29, 1.82) is 0 Å². The van der Waals surface area contributed by atoms with Crippen molar-refractivity contribution in [3.63, 3.8) is 0 Å². The van der Waals surface area contributed by atoms with E-state index >= 15 is 0 Å². The molecule has 2 rings (SSSR count). The van der Waals surface area contributed by atoms with Gasteiger partial charge in [-0.05, 0) is 37.1 Å². The van der Waals surface area contributed by atoms with Crippen LogP contribution in [-0.2, 0) is 4.79 Å². The second-order valence-electron chi connectivity index (χ2n) is 4.44. The molecule has 0 spiro atoms. The summed E-state index contributed by atoms with van der Waals surface area (Å²) in [6, 6.07) is 5.79. The summed E-state index contributed by atoms with van der Waals surface area (Å²) in [5, 5.41) is 18.0. The van der Waals surface area contributed by atoms with Crippen molar-refractivity contribution in [2.75, 3.05) is 6.54 Å². The molecular formula is C13H15NO4. The number of likely N-dealkylation sites (tertiary alicyclic amines) is 1. The van der Waals surface area contributed by atoms with Crippen molar-refractivity contribution in [3.05, 3.63) is 29.8 Å². The Morgan fingerprint density at radius 2 is 1.94 bits per heavy atom. The summed E-state index contributed by atoms with van der Waals surface area (Å²) < 4.78 is 0. The lowest BCUT2D eigenvalue weighted by atomic mass is 10.1. The van der Waals surface area contributed by atoms with E-state index in [2.05, 4.69) is 0 Å². The average molecular weight is 249 g/mol. The summed E-state index contributed by atoms with van der Waals surface area (Å²) in [6.45, 7) is 0.595. The van der Waals surface area contributed by atoms with Crippen LogP contribution in [0.2, 0.25) is 0 Å². The van der Waals surface area contributed by atoms with E-state index in [1.165, 1.54) is 12.1 Å². The number of hydrogen-bond donors (Lipinski definition) is 2. The number of carbonyl (C=O) groups is 2. The van der Waals surface area contributed by atoms with Gasteiger partial charge in [-0.15, -0.1) is 0 Å². The molecule has 96 valence electrons. The van der Waals surface area contributed by atoms with Gasteiger partial charge in [0.2, 0.25) is 0 Å². The molecule has 0 saturated carbocycles. The molecule has 5 heteroatoms. The zero-order valence-electron chi connectivity index (χ0n) is 9.87. The maximum Gasteiger partial charge on any atom is 0.305 e. The highest BCUT2D eigenvalue weighted by atomic mass is 16.4. The van der Waals surface area contributed by atoms with Crippen molar-refractivity contribution in [2.24, 2.45) is 0 Å². The molecule has 18 heavy (non-hydrogen) atoms. The lowest BCUT2D eigenvalue weighted by Crippen LogP contribution is -2.36. The van der Waals surface area contributed by atoms with Crippen LogP contribution in [0.1, 0.15) is 29.6 Å². The molecule has 1 amide bonds. The number of carboxylic acid groups (broad SMARTS) is 1. The Balaban J connectivity index is 2.12. The molecule has 1 atom stereocenters. The zero-order valence-corrected chi connectivity index (χ0v) is 9.87. The fraction of sp³-hybridized carbons (Fsp3) is 0.385. The van der Waals surface area contributed by atoms with E-state index in [0.717, 1.165) is 12.8 Å². The third kappa shape index (κ3) is 2.61. The molecule has 0 bridgehead atoms. The van der Waals surface area contributed by atoms with Crippen LogP contribution in [-0.4, -0.2) is 39.6 Å². The first kappa shape index (κ1) is 12.4. The number of carbonyl (C=O) groups excluding carboxylic acids is 1. The van der Waals surface area contributed by atoms with Crippen LogP contribution in [0, 0.1) is 0 Å². The number of aliphatic carboxylic acids is 1. The zero-order chi connectivity index (χ0) is 13.1. The highest BCUT2D eigenvalue weighted by molar-refractivity contribution is 5.95. The lowest BCUT2D eigenvalue weighted by molar-refractivity contribution is -0.137. The van der Waals surface area contributed by atoms with E-state index < -0.39 is 5.97 Å². The molecular weight excluding hydrogens is 234 g/mol. The van der Waals surface area contributed by atoms with E-state index in [0.29, 0.717) is 12.1 Å². The van der Waals surface area contributed by atoms with E-state index in [9.17, 15) is 14.7 Å². The van der Waals surface area contributed by atoms with Crippen molar-refractivity contribution in [1.82, 2.24) is 4.90 Å². The molecule has 1 heterocycles. The number of nitrogens with zero attached hydrogens (tertiary/aromatic N) is 1. The number of phenols is 1. The van der Waals surface area contributed by atoms with E-state index in [-0.39, 0.29) is 24.1 Å². The Labute approximate surface area is 105 Å². The summed E-state index contributed by atoms with van der Waals surface area (Å²) in [7, 11) is 0. The summed E-state index contributed by atoms with van der Waals surface area (Å²) in [5.41, 5.74) is 0.477. The first-order valence-electron chi connectivity index (χ1n) is 5.89. The lowest BCUT2D eigenvalue weighted by Gasteiger charge is -2.23. The largest absolute Gasteiger partial charge is 0.508 e. The van der Waals surface area contributed by atoms with Crippen LogP contribution >= 0.6 is 0 Å². The van der Waals surface area contributed by atoms with Gasteiger partial charge in [-0.2, -0.15) is 0 Å². The SMILES string of the molecule is O=C(O)CC1CCCN1C(=O)c1ccc(O)cc1. The molecule has 0 radical (unpaired) electrons. The van der Waals surface area contributed by atoms with Crippen molar-refractivity contribution >= 4 is 11.9 Å². The van der Waals surface area contributed by atoms with Crippen LogP contribution in [0.25, 0.3) is 0 Å². The number of phenolic OH excluding ortho intramolecular Hbond substituents is 1. The van der Waals surface area contributed by atoms with Crippen LogP contribution in [0.15, 0.2) is 24.3 Å². The fourth-order valence-electron chi connectivity index (χ4n) is 2.29. The van der Waals surface area contributed by atoms with E-state index in [1.807, 2.05) is 0 Å². The van der Waals surface area contributed by atoms with E-state index in [4.69, 9.17) is 5.11 Å². The highest BCUT2D eigenvalue weighted by Gasteiger charge is 2.30. The fourth-order valence-corrected chi connectivity index (χ4v) is 2.29. The average Bonchev–Trinajstić information content (AvgIpc) is 2.76. The standard InChI is InChI=1S/C13H15NO4/c15-11-5-3-9(4-6-11)13(18)14-7-1-2-10(14)8-12(16)17/h3-6,10,15H,1-2,7-8H2,(H,16,17). The third-order valence-electron chi connectivity index (χ3n) is 3.16. The number of benzene rings is 1. The number of aromatic hydroxyl groups is 1. The Hall–Kier alpha value is -2.04. The Morgan fingerprint density at radius 3 is 2.56 bits per heavy atom. The molecule has 5 nitrogen and oxygen atoms in total. The van der Waals surface area contributed by atoms with Crippen LogP contribution < -0.4 is 0 Å². The number of carboxylic acids is 1. The summed E-state index contributed by atoms with van der Waals surface area (Å²) in [6.07, 6.45) is 1.56. The van der Waals surface area contributed by atoms with Gasteiger partial charge < -0.3 is 15.1 Å². The summed E-state index contributed by atoms with van der Waals surface area (Å²) in [5.74, 6) is -0.945. The minimum Gasteiger partial charge on any atom is -0.508 e. The van der Waals surface area contributed by atoms with Gasteiger partial charge in [0.1, 0.15) is 5.75 Å². The Bertz CT molecular complexity index is 455. The monoisotopic (exact) mass is 249 g/mol. The quantitative estimate of drug-likeness (QED) is 0.850. The highest BCUT2D eigenvalue weighted by Crippen LogP contribution is 2.23. The summed E-state index contributed by atoms with van der Waals surface area (Å²) in [4.78, 5) is 24.5. The normalized spacial score (nSPS) is 18.9. The maximum absolute atomic E-state index is 12.2.